The standard InChI is InChI=1S/C24H31N3O/c1-3-20(17-23(4-1)28-24-9-2-13-27(19-24)16-10-24)18-26-14-7-22(8-15-26)21-5-11-25-12-6-21/h1,3-6,11-12,17,22H,2,7-10,13-16,18-19H2. The highest BCUT2D eigenvalue weighted by molar-refractivity contribution is 5.29. The van der Waals surface area contributed by atoms with Gasteiger partial charge in [0.15, 0.2) is 0 Å². The summed E-state index contributed by atoms with van der Waals surface area (Å²) in [5.74, 6) is 1.75. The molecule has 4 heteroatoms. The predicted molar refractivity (Wildman–Crippen MR) is 112 cm³/mol. The van der Waals surface area contributed by atoms with Crippen molar-refractivity contribution in [2.24, 2.45) is 0 Å². The summed E-state index contributed by atoms with van der Waals surface area (Å²) >= 11 is 0. The number of hydrogen-bond donors (Lipinski definition) is 0. The van der Waals surface area contributed by atoms with Crippen molar-refractivity contribution in [2.75, 3.05) is 32.7 Å². The molecule has 0 N–H and O–H groups in total. The van der Waals surface area contributed by atoms with Crippen LogP contribution in [0.4, 0.5) is 0 Å². The Morgan fingerprint density at radius 3 is 2.71 bits per heavy atom. The molecule has 2 atom stereocenters. The molecule has 4 nitrogen and oxygen atoms in total. The number of hydrogen-bond acceptors (Lipinski definition) is 4. The maximum Gasteiger partial charge on any atom is 0.123 e. The van der Waals surface area contributed by atoms with E-state index in [-0.39, 0.29) is 5.60 Å². The normalized spacial score (nSPS) is 28.4. The van der Waals surface area contributed by atoms with Crippen LogP contribution >= 0.6 is 0 Å². The van der Waals surface area contributed by atoms with Crippen LogP contribution in [0.1, 0.15) is 49.1 Å². The third kappa shape index (κ3) is 3.94. The van der Waals surface area contributed by atoms with E-state index >= 15 is 0 Å². The molecule has 5 rings (SSSR count). The van der Waals surface area contributed by atoms with Gasteiger partial charge in [-0.05, 0) is 86.6 Å². The lowest BCUT2D eigenvalue weighted by atomic mass is 9.90. The van der Waals surface area contributed by atoms with E-state index in [0.29, 0.717) is 5.92 Å². The van der Waals surface area contributed by atoms with E-state index in [1.807, 2.05) is 12.4 Å². The molecule has 4 heterocycles. The lowest BCUT2D eigenvalue weighted by Gasteiger charge is -2.35. The predicted octanol–water partition coefficient (Wildman–Crippen LogP) is 4.08. The Balaban J connectivity index is 1.18. The largest absolute Gasteiger partial charge is 0.486 e. The fourth-order valence-electron chi connectivity index (χ4n) is 5.36. The van der Waals surface area contributed by atoms with Gasteiger partial charge in [-0.1, -0.05) is 12.1 Å². The van der Waals surface area contributed by atoms with Crippen LogP contribution in [0, 0.1) is 0 Å². The zero-order chi connectivity index (χ0) is 18.8. The molecule has 28 heavy (non-hydrogen) atoms. The molecule has 0 amide bonds. The van der Waals surface area contributed by atoms with E-state index in [2.05, 4.69) is 51.2 Å². The molecule has 1 aromatic carbocycles. The van der Waals surface area contributed by atoms with Gasteiger partial charge in [0.1, 0.15) is 11.4 Å². The van der Waals surface area contributed by atoms with Crippen LogP contribution in [0.2, 0.25) is 0 Å². The van der Waals surface area contributed by atoms with Crippen LogP contribution in [0.25, 0.3) is 0 Å². The van der Waals surface area contributed by atoms with Crippen molar-refractivity contribution in [1.29, 1.82) is 0 Å². The monoisotopic (exact) mass is 377 g/mol. The Morgan fingerprint density at radius 1 is 1.00 bits per heavy atom. The van der Waals surface area contributed by atoms with Gasteiger partial charge in [0, 0.05) is 38.4 Å². The Kier molecular flexibility index (Phi) is 5.08. The fourth-order valence-corrected chi connectivity index (χ4v) is 5.36. The highest BCUT2D eigenvalue weighted by atomic mass is 16.5. The molecule has 2 unspecified atom stereocenters. The molecule has 148 valence electrons. The Bertz CT molecular complexity index is 783. The highest BCUT2D eigenvalue weighted by Crippen LogP contribution is 2.36. The first-order valence-electron chi connectivity index (χ1n) is 10.9. The number of fused-ring (bicyclic) bond motifs is 2. The maximum absolute atomic E-state index is 6.57. The number of benzene rings is 1. The summed E-state index contributed by atoms with van der Waals surface area (Å²) in [4.78, 5) is 9.30. The van der Waals surface area contributed by atoms with Gasteiger partial charge in [-0.25, -0.2) is 0 Å². The SMILES string of the molecule is c1cc(CN2CCC(c3ccncc3)CC2)cc(OC23CCCN(CC2)C3)c1. The zero-order valence-electron chi connectivity index (χ0n) is 16.7. The van der Waals surface area contributed by atoms with E-state index in [9.17, 15) is 0 Å². The maximum atomic E-state index is 6.57. The van der Waals surface area contributed by atoms with Gasteiger partial charge in [0.05, 0.1) is 0 Å². The molecule has 0 spiro atoms. The van der Waals surface area contributed by atoms with Crippen LogP contribution < -0.4 is 4.74 Å². The quantitative estimate of drug-likeness (QED) is 0.785. The summed E-state index contributed by atoms with van der Waals surface area (Å²) in [6.45, 7) is 6.92. The molecule has 0 saturated carbocycles. The molecule has 2 bridgehead atoms. The number of piperidine rings is 2. The first-order valence-corrected chi connectivity index (χ1v) is 10.9. The van der Waals surface area contributed by atoms with Crippen molar-refractivity contribution in [2.45, 2.75) is 50.2 Å². The summed E-state index contributed by atoms with van der Waals surface area (Å²) in [6.07, 6.45) is 9.96. The molecule has 2 aromatic rings. The summed E-state index contributed by atoms with van der Waals surface area (Å²) in [6, 6.07) is 13.2. The van der Waals surface area contributed by atoms with Crippen molar-refractivity contribution in [3.63, 3.8) is 0 Å². The average molecular weight is 378 g/mol. The number of nitrogens with zero attached hydrogens (tertiary/aromatic N) is 3. The first kappa shape index (κ1) is 18.1. The first-order chi connectivity index (χ1) is 13.8. The third-order valence-electron chi connectivity index (χ3n) is 6.91. The molecule has 0 aliphatic carbocycles. The van der Waals surface area contributed by atoms with Gasteiger partial charge in [-0.3, -0.25) is 14.8 Å². The molecular weight excluding hydrogens is 346 g/mol. The Labute approximate surface area is 168 Å². The van der Waals surface area contributed by atoms with Crippen molar-refractivity contribution in [3.8, 4) is 5.75 Å². The molecule has 3 saturated heterocycles. The lowest BCUT2D eigenvalue weighted by Crippen LogP contribution is -2.43. The van der Waals surface area contributed by atoms with E-state index < -0.39 is 0 Å². The van der Waals surface area contributed by atoms with E-state index in [1.165, 1.54) is 56.3 Å². The number of aromatic nitrogens is 1. The molecule has 0 radical (unpaired) electrons. The van der Waals surface area contributed by atoms with Crippen LogP contribution in [0.15, 0.2) is 48.8 Å². The third-order valence-corrected chi connectivity index (χ3v) is 6.91. The van der Waals surface area contributed by atoms with Crippen molar-refractivity contribution in [3.05, 3.63) is 59.9 Å². The Hall–Kier alpha value is -1.91. The van der Waals surface area contributed by atoms with E-state index in [0.717, 1.165) is 31.9 Å². The van der Waals surface area contributed by atoms with Gasteiger partial charge < -0.3 is 4.74 Å². The summed E-state index contributed by atoms with van der Waals surface area (Å²) in [5, 5.41) is 0. The minimum absolute atomic E-state index is 0.0692. The number of ether oxygens (including phenoxy) is 1. The summed E-state index contributed by atoms with van der Waals surface area (Å²) in [5.41, 5.74) is 2.89. The smallest absolute Gasteiger partial charge is 0.123 e. The van der Waals surface area contributed by atoms with E-state index in [4.69, 9.17) is 4.74 Å². The van der Waals surface area contributed by atoms with Gasteiger partial charge in [-0.2, -0.15) is 0 Å². The number of pyridine rings is 1. The van der Waals surface area contributed by atoms with Gasteiger partial charge >= 0.3 is 0 Å². The number of likely N-dealkylation sites (tertiary alicyclic amines) is 1. The molecule has 3 aliphatic rings. The summed E-state index contributed by atoms with van der Waals surface area (Å²) in [7, 11) is 0. The minimum Gasteiger partial charge on any atom is -0.486 e. The summed E-state index contributed by atoms with van der Waals surface area (Å²) < 4.78 is 6.57. The second kappa shape index (κ2) is 7.84. The molecular formula is C24H31N3O. The molecule has 3 aliphatic heterocycles. The fraction of sp³-hybridized carbons (Fsp3) is 0.542. The van der Waals surface area contributed by atoms with Crippen LogP contribution in [-0.4, -0.2) is 53.1 Å². The van der Waals surface area contributed by atoms with Crippen LogP contribution in [0.5, 0.6) is 5.75 Å². The van der Waals surface area contributed by atoms with Crippen molar-refractivity contribution >= 4 is 0 Å². The average Bonchev–Trinajstić information content (AvgIpc) is 3.02. The molecule has 1 aromatic heterocycles. The van der Waals surface area contributed by atoms with E-state index in [1.54, 1.807) is 0 Å². The van der Waals surface area contributed by atoms with Gasteiger partial charge in [0.25, 0.3) is 0 Å². The minimum atomic E-state index is 0.0692. The molecule has 3 fully saturated rings. The lowest BCUT2D eigenvalue weighted by molar-refractivity contribution is 0.0451. The van der Waals surface area contributed by atoms with Crippen molar-refractivity contribution < 1.29 is 4.74 Å². The van der Waals surface area contributed by atoms with Crippen LogP contribution in [-0.2, 0) is 6.54 Å². The van der Waals surface area contributed by atoms with Gasteiger partial charge in [-0.15, -0.1) is 0 Å². The van der Waals surface area contributed by atoms with Crippen molar-refractivity contribution in [1.82, 2.24) is 14.8 Å². The van der Waals surface area contributed by atoms with Gasteiger partial charge in [0.2, 0.25) is 0 Å². The highest BCUT2D eigenvalue weighted by Gasteiger charge is 2.42. The van der Waals surface area contributed by atoms with Crippen LogP contribution in [0.3, 0.4) is 0 Å². The second-order valence-corrected chi connectivity index (χ2v) is 8.89. The topological polar surface area (TPSA) is 28.6 Å². The second-order valence-electron chi connectivity index (χ2n) is 8.89. The zero-order valence-corrected chi connectivity index (χ0v) is 16.7. The number of rotatable bonds is 5. The Morgan fingerprint density at radius 2 is 1.86 bits per heavy atom.